The minimum Gasteiger partial charge on any atom is -0.475 e. The van der Waals surface area contributed by atoms with Gasteiger partial charge in [0, 0.05) is 25.0 Å². The zero-order chi connectivity index (χ0) is 22.2. The van der Waals surface area contributed by atoms with Gasteiger partial charge in [-0.2, -0.15) is 18.2 Å². The topological polar surface area (TPSA) is 109 Å². The van der Waals surface area contributed by atoms with Crippen LogP contribution in [0.1, 0.15) is 6.42 Å². The van der Waals surface area contributed by atoms with Crippen LogP contribution in [0.5, 0.6) is 0 Å². The number of aliphatic carboxylic acids is 1. The predicted molar refractivity (Wildman–Crippen MR) is 102 cm³/mol. The number of likely N-dealkylation sites (tertiary alicyclic amines) is 1. The Hall–Kier alpha value is -3.15. The lowest BCUT2D eigenvalue weighted by Crippen LogP contribution is -2.34. The van der Waals surface area contributed by atoms with Crippen LogP contribution >= 0.6 is 0 Å². The maximum Gasteiger partial charge on any atom is 0.490 e. The van der Waals surface area contributed by atoms with E-state index >= 15 is 0 Å². The molecule has 0 amide bonds. The smallest absolute Gasteiger partial charge is 0.475 e. The van der Waals surface area contributed by atoms with Gasteiger partial charge in [-0.15, -0.1) is 0 Å². The summed E-state index contributed by atoms with van der Waals surface area (Å²) < 4.78 is 51.2. The summed E-state index contributed by atoms with van der Waals surface area (Å²) in [5, 5.41) is 7.74. The number of benzene rings is 1. The quantitative estimate of drug-likeness (QED) is 0.599. The van der Waals surface area contributed by atoms with Gasteiger partial charge in [-0.3, -0.25) is 0 Å². The van der Waals surface area contributed by atoms with Crippen LogP contribution < -0.4 is 10.6 Å². The lowest BCUT2D eigenvalue weighted by molar-refractivity contribution is -0.192. The molecule has 4 rings (SSSR count). The first kappa shape index (κ1) is 21.6. The summed E-state index contributed by atoms with van der Waals surface area (Å²) in [7, 11) is 4.08. The SMILES string of the molecule is CN1CCC(N(C)c2nc(N)nc3c2oc2ccc(F)cc23)C1.O=C(O)C(F)(F)F. The molecule has 0 saturated carbocycles. The highest BCUT2D eigenvalue weighted by Crippen LogP contribution is 2.34. The van der Waals surface area contributed by atoms with Crippen molar-refractivity contribution in [2.45, 2.75) is 18.6 Å². The number of rotatable bonds is 2. The second-order valence-corrected chi connectivity index (χ2v) is 6.94. The molecule has 12 heteroatoms. The molecule has 2 aromatic heterocycles. The van der Waals surface area contributed by atoms with E-state index in [0.717, 1.165) is 19.5 Å². The highest BCUT2D eigenvalue weighted by molar-refractivity contribution is 6.06. The van der Waals surface area contributed by atoms with E-state index in [1.54, 1.807) is 6.07 Å². The molecule has 30 heavy (non-hydrogen) atoms. The molecule has 1 unspecified atom stereocenters. The van der Waals surface area contributed by atoms with Crippen LogP contribution in [0, 0.1) is 5.82 Å². The molecule has 1 saturated heterocycles. The van der Waals surface area contributed by atoms with Crippen LogP contribution in [0.2, 0.25) is 0 Å². The number of carbonyl (C=O) groups is 1. The molecule has 8 nitrogen and oxygen atoms in total. The summed E-state index contributed by atoms with van der Waals surface area (Å²) >= 11 is 0. The molecule has 1 aliphatic heterocycles. The summed E-state index contributed by atoms with van der Waals surface area (Å²) in [5.41, 5.74) is 7.57. The van der Waals surface area contributed by atoms with E-state index in [2.05, 4.69) is 26.8 Å². The molecule has 0 radical (unpaired) electrons. The molecule has 1 aromatic carbocycles. The van der Waals surface area contributed by atoms with Crippen molar-refractivity contribution in [3.8, 4) is 0 Å². The number of nitrogen functional groups attached to an aromatic ring is 1. The van der Waals surface area contributed by atoms with E-state index < -0.39 is 12.1 Å². The summed E-state index contributed by atoms with van der Waals surface area (Å²) in [6, 6.07) is 4.73. The number of hydrogen-bond acceptors (Lipinski definition) is 7. The number of anilines is 2. The van der Waals surface area contributed by atoms with Crippen molar-refractivity contribution in [2.24, 2.45) is 0 Å². The number of likely N-dealkylation sites (N-methyl/N-ethyl adjacent to an activating group) is 2. The maximum atomic E-state index is 13.6. The van der Waals surface area contributed by atoms with E-state index in [1.165, 1.54) is 12.1 Å². The van der Waals surface area contributed by atoms with Crippen molar-refractivity contribution in [1.29, 1.82) is 0 Å². The van der Waals surface area contributed by atoms with Gasteiger partial charge in [-0.25, -0.2) is 14.2 Å². The number of halogens is 4. The molecule has 162 valence electrons. The molecular formula is C18H19F4N5O3. The van der Waals surface area contributed by atoms with Gasteiger partial charge in [0.15, 0.2) is 11.4 Å². The molecule has 1 aliphatic rings. The number of nitrogens with zero attached hydrogens (tertiary/aromatic N) is 4. The molecule has 0 bridgehead atoms. The fraction of sp³-hybridized carbons (Fsp3) is 0.389. The first-order chi connectivity index (χ1) is 14.0. The fourth-order valence-electron chi connectivity index (χ4n) is 3.26. The highest BCUT2D eigenvalue weighted by Gasteiger charge is 2.38. The van der Waals surface area contributed by atoms with Crippen molar-refractivity contribution in [3.05, 3.63) is 24.0 Å². The van der Waals surface area contributed by atoms with Crippen molar-refractivity contribution < 1.29 is 31.9 Å². The van der Waals surface area contributed by atoms with Crippen molar-refractivity contribution >= 4 is 39.8 Å². The maximum absolute atomic E-state index is 13.6. The summed E-state index contributed by atoms with van der Waals surface area (Å²) in [5.74, 6) is -2.26. The third-order valence-corrected chi connectivity index (χ3v) is 4.76. The monoisotopic (exact) mass is 429 g/mol. The fourth-order valence-corrected chi connectivity index (χ4v) is 3.26. The zero-order valence-electron chi connectivity index (χ0n) is 16.1. The Kier molecular flexibility index (Phi) is 5.70. The standard InChI is InChI=1S/C16H18FN5O.C2HF3O2/c1-21-6-5-10(8-21)22(2)15-14-13(19-16(18)20-15)11-7-9(17)3-4-12(11)23-14;3-2(4,5)1(6)7/h3-4,7,10H,5-6,8H2,1-2H3,(H2,18,19,20);(H,6,7). The van der Waals surface area contributed by atoms with Gasteiger partial charge in [-0.1, -0.05) is 0 Å². The number of alkyl halides is 3. The minimum atomic E-state index is -5.08. The third-order valence-electron chi connectivity index (χ3n) is 4.76. The second-order valence-electron chi connectivity index (χ2n) is 6.94. The number of nitrogens with two attached hydrogens (primary N) is 1. The normalized spacial score (nSPS) is 17.2. The lowest BCUT2D eigenvalue weighted by Gasteiger charge is -2.25. The van der Waals surface area contributed by atoms with Crippen molar-refractivity contribution in [3.63, 3.8) is 0 Å². The Morgan fingerprint density at radius 3 is 2.60 bits per heavy atom. The zero-order valence-corrected chi connectivity index (χ0v) is 16.1. The van der Waals surface area contributed by atoms with Crippen molar-refractivity contribution in [2.75, 3.05) is 37.8 Å². The van der Waals surface area contributed by atoms with Gasteiger partial charge in [0.1, 0.15) is 16.9 Å². The van der Waals surface area contributed by atoms with Gasteiger partial charge in [0.2, 0.25) is 5.95 Å². The molecule has 3 N–H and O–H groups in total. The van der Waals surface area contributed by atoms with Crippen LogP contribution in [-0.2, 0) is 4.79 Å². The molecule has 1 fully saturated rings. The van der Waals surface area contributed by atoms with E-state index in [-0.39, 0.29) is 11.8 Å². The van der Waals surface area contributed by atoms with Crippen LogP contribution in [0.15, 0.2) is 22.6 Å². The van der Waals surface area contributed by atoms with E-state index in [0.29, 0.717) is 33.9 Å². The molecular weight excluding hydrogens is 410 g/mol. The Morgan fingerprint density at radius 1 is 1.37 bits per heavy atom. The number of carboxylic acid groups (broad SMARTS) is 1. The number of furan rings is 1. The van der Waals surface area contributed by atoms with Gasteiger partial charge >= 0.3 is 12.1 Å². The van der Waals surface area contributed by atoms with Crippen LogP contribution in [0.25, 0.3) is 22.1 Å². The summed E-state index contributed by atoms with van der Waals surface area (Å²) in [6.07, 6.45) is -4.03. The van der Waals surface area contributed by atoms with E-state index in [1.807, 2.05) is 7.05 Å². The van der Waals surface area contributed by atoms with Gasteiger partial charge in [0.05, 0.1) is 0 Å². The van der Waals surface area contributed by atoms with Crippen molar-refractivity contribution in [1.82, 2.24) is 14.9 Å². The predicted octanol–water partition coefficient (Wildman–Crippen LogP) is 2.87. The molecule has 3 aromatic rings. The number of carboxylic acids is 1. The molecule has 1 atom stereocenters. The van der Waals surface area contributed by atoms with E-state index in [9.17, 15) is 17.6 Å². The summed E-state index contributed by atoms with van der Waals surface area (Å²) in [4.78, 5) is 21.9. The van der Waals surface area contributed by atoms with E-state index in [4.69, 9.17) is 20.1 Å². The number of aromatic nitrogens is 2. The summed E-state index contributed by atoms with van der Waals surface area (Å²) in [6.45, 7) is 2.00. The van der Waals surface area contributed by atoms with Gasteiger partial charge in [-0.05, 0) is 38.2 Å². The van der Waals surface area contributed by atoms with Crippen LogP contribution in [0.3, 0.4) is 0 Å². The number of hydrogen-bond donors (Lipinski definition) is 2. The second kappa shape index (κ2) is 7.94. The lowest BCUT2D eigenvalue weighted by atomic mass is 10.2. The van der Waals surface area contributed by atoms with Crippen LogP contribution in [-0.4, -0.2) is 65.3 Å². The third kappa shape index (κ3) is 4.37. The van der Waals surface area contributed by atoms with Crippen LogP contribution in [0.4, 0.5) is 29.3 Å². The van der Waals surface area contributed by atoms with Gasteiger partial charge in [0.25, 0.3) is 0 Å². The average molecular weight is 429 g/mol. The Bertz CT molecular complexity index is 1090. The molecule has 0 aliphatic carbocycles. The Balaban J connectivity index is 0.000000318. The molecule has 0 spiro atoms. The molecule has 3 heterocycles. The van der Waals surface area contributed by atoms with Gasteiger partial charge < -0.3 is 25.1 Å². The average Bonchev–Trinajstić information content (AvgIpc) is 3.24. The largest absolute Gasteiger partial charge is 0.490 e. The first-order valence-corrected chi connectivity index (χ1v) is 8.84. The Morgan fingerprint density at radius 2 is 2.03 bits per heavy atom. The number of fused-ring (bicyclic) bond motifs is 3. The Labute approximate surface area is 167 Å². The minimum absolute atomic E-state index is 0.165. The first-order valence-electron chi connectivity index (χ1n) is 8.84. The highest BCUT2D eigenvalue weighted by atomic mass is 19.4.